The van der Waals surface area contributed by atoms with E-state index in [0.29, 0.717) is 47.2 Å². The second-order valence-electron chi connectivity index (χ2n) is 8.27. The first-order valence-corrected chi connectivity index (χ1v) is 7.72. The molecule has 0 saturated carbocycles. The molecular weight excluding hydrogens is 220 g/mol. The fourth-order valence-corrected chi connectivity index (χ4v) is 3.82. The average molecular weight is 254 g/mol. The van der Waals surface area contributed by atoms with Gasteiger partial charge in [-0.1, -0.05) is 62.3 Å². The van der Waals surface area contributed by atoms with Crippen LogP contribution < -0.4 is 0 Å². The summed E-state index contributed by atoms with van der Waals surface area (Å²) in [5.41, 5.74) is 0.327. The molecule has 4 atom stereocenters. The van der Waals surface area contributed by atoms with Crippen LogP contribution in [0.25, 0.3) is 0 Å². The molecule has 4 unspecified atom stereocenters. The smallest absolute Gasteiger partial charge is 0.0638 e. The van der Waals surface area contributed by atoms with Crippen molar-refractivity contribution in [3.8, 4) is 0 Å². The van der Waals surface area contributed by atoms with Gasteiger partial charge < -0.3 is 4.74 Å². The van der Waals surface area contributed by atoms with Gasteiger partial charge in [0, 0.05) is 0 Å². The summed E-state index contributed by atoms with van der Waals surface area (Å²) in [6.07, 6.45) is 0.853. The molecule has 108 valence electrons. The topological polar surface area (TPSA) is 9.23 Å². The van der Waals surface area contributed by atoms with Crippen LogP contribution in [0.15, 0.2) is 0 Å². The number of ether oxygens (including phenoxy) is 1. The molecule has 1 heterocycles. The minimum Gasteiger partial charge on any atom is -0.374 e. The Kier molecular flexibility index (Phi) is 4.92. The molecule has 1 saturated heterocycles. The molecule has 0 spiro atoms. The molecule has 1 aliphatic heterocycles. The molecule has 0 aliphatic carbocycles. The molecule has 0 bridgehead atoms. The summed E-state index contributed by atoms with van der Waals surface area (Å²) in [6, 6.07) is 0. The zero-order valence-corrected chi connectivity index (χ0v) is 13.9. The Labute approximate surface area is 115 Å². The summed E-state index contributed by atoms with van der Waals surface area (Å²) in [5, 5.41) is 0. The lowest BCUT2D eigenvalue weighted by atomic mass is 9.64. The van der Waals surface area contributed by atoms with E-state index in [1.54, 1.807) is 0 Å². The maximum absolute atomic E-state index is 6.50. The van der Waals surface area contributed by atoms with Crippen LogP contribution in [0.3, 0.4) is 0 Å². The van der Waals surface area contributed by atoms with E-state index in [9.17, 15) is 0 Å². The zero-order chi connectivity index (χ0) is 14.2. The van der Waals surface area contributed by atoms with E-state index in [0.717, 1.165) is 0 Å². The Balaban J connectivity index is 3.12. The Morgan fingerprint density at radius 1 is 0.722 bits per heavy atom. The van der Waals surface area contributed by atoms with E-state index in [1.807, 2.05) is 0 Å². The third-order valence-corrected chi connectivity index (χ3v) is 4.55. The van der Waals surface area contributed by atoms with Gasteiger partial charge in [0.2, 0.25) is 0 Å². The van der Waals surface area contributed by atoms with Crippen LogP contribution in [0.1, 0.15) is 62.3 Å². The van der Waals surface area contributed by atoms with Crippen molar-refractivity contribution >= 4 is 0 Å². The van der Waals surface area contributed by atoms with Crippen LogP contribution in [0.4, 0.5) is 0 Å². The van der Waals surface area contributed by atoms with E-state index in [1.165, 1.54) is 0 Å². The normalized spacial score (nSPS) is 34.0. The largest absolute Gasteiger partial charge is 0.374 e. The van der Waals surface area contributed by atoms with Gasteiger partial charge in [0.05, 0.1) is 12.2 Å². The van der Waals surface area contributed by atoms with Crippen LogP contribution >= 0.6 is 0 Å². The molecule has 0 N–H and O–H groups in total. The summed E-state index contributed by atoms with van der Waals surface area (Å²) >= 11 is 0. The minimum atomic E-state index is 0.327. The standard InChI is InChI=1S/C17H34O/c1-10(2)13-14(17(7,8)9)16(12(5)6)18-15(13)11(3)4/h10-16H,1-9H3. The average Bonchev–Trinajstić information content (AvgIpc) is 2.56. The van der Waals surface area contributed by atoms with Crippen molar-refractivity contribution in [2.75, 3.05) is 0 Å². The maximum Gasteiger partial charge on any atom is 0.0638 e. The lowest BCUT2D eigenvalue weighted by Crippen LogP contribution is -2.38. The van der Waals surface area contributed by atoms with Gasteiger partial charge in [0.1, 0.15) is 0 Å². The van der Waals surface area contributed by atoms with Crippen LogP contribution in [0.2, 0.25) is 0 Å². The van der Waals surface area contributed by atoms with Gasteiger partial charge in [0.15, 0.2) is 0 Å². The predicted octanol–water partition coefficient (Wildman–Crippen LogP) is 5.00. The van der Waals surface area contributed by atoms with Gasteiger partial charge in [-0.05, 0) is 35.0 Å². The van der Waals surface area contributed by atoms with Gasteiger partial charge in [-0.15, -0.1) is 0 Å². The molecule has 1 nitrogen and oxygen atoms in total. The van der Waals surface area contributed by atoms with Crippen molar-refractivity contribution in [1.82, 2.24) is 0 Å². The highest BCUT2D eigenvalue weighted by molar-refractivity contribution is 4.98. The Morgan fingerprint density at radius 3 is 1.44 bits per heavy atom. The number of hydrogen-bond donors (Lipinski definition) is 0. The van der Waals surface area contributed by atoms with E-state index in [4.69, 9.17) is 4.74 Å². The van der Waals surface area contributed by atoms with Crippen molar-refractivity contribution in [3.05, 3.63) is 0 Å². The molecule has 0 radical (unpaired) electrons. The molecule has 18 heavy (non-hydrogen) atoms. The molecule has 1 fully saturated rings. The van der Waals surface area contributed by atoms with Gasteiger partial charge in [-0.25, -0.2) is 0 Å². The highest BCUT2D eigenvalue weighted by atomic mass is 16.5. The molecule has 0 aromatic carbocycles. The molecule has 0 aromatic rings. The van der Waals surface area contributed by atoms with Crippen molar-refractivity contribution in [1.29, 1.82) is 0 Å². The minimum absolute atomic E-state index is 0.327. The van der Waals surface area contributed by atoms with Crippen LogP contribution in [0.5, 0.6) is 0 Å². The van der Waals surface area contributed by atoms with Crippen LogP contribution in [0, 0.1) is 35.0 Å². The highest BCUT2D eigenvalue weighted by Crippen LogP contribution is 2.50. The Hall–Kier alpha value is -0.0400. The van der Waals surface area contributed by atoms with Crippen molar-refractivity contribution in [3.63, 3.8) is 0 Å². The molecule has 0 aromatic heterocycles. The third-order valence-electron chi connectivity index (χ3n) is 4.55. The fraction of sp³-hybridized carbons (Fsp3) is 1.00. The lowest BCUT2D eigenvalue weighted by molar-refractivity contribution is -0.0274. The predicted molar refractivity (Wildman–Crippen MR) is 79.6 cm³/mol. The molecule has 1 aliphatic rings. The Morgan fingerprint density at radius 2 is 1.17 bits per heavy atom. The maximum atomic E-state index is 6.50. The molecular formula is C17H34O. The van der Waals surface area contributed by atoms with Gasteiger partial charge in [0.25, 0.3) is 0 Å². The monoisotopic (exact) mass is 254 g/mol. The van der Waals surface area contributed by atoms with Gasteiger partial charge in [-0.3, -0.25) is 0 Å². The Bertz CT molecular complexity index is 259. The lowest BCUT2D eigenvalue weighted by Gasteiger charge is -2.38. The number of hydrogen-bond acceptors (Lipinski definition) is 1. The third kappa shape index (κ3) is 3.10. The molecule has 1 rings (SSSR count). The first-order valence-electron chi connectivity index (χ1n) is 7.72. The summed E-state index contributed by atoms with van der Waals surface area (Å²) in [4.78, 5) is 0. The summed E-state index contributed by atoms with van der Waals surface area (Å²) in [6.45, 7) is 21.1. The van der Waals surface area contributed by atoms with Crippen molar-refractivity contribution in [2.24, 2.45) is 35.0 Å². The number of rotatable bonds is 3. The summed E-state index contributed by atoms with van der Waals surface area (Å²) in [7, 11) is 0. The second kappa shape index (κ2) is 5.53. The van der Waals surface area contributed by atoms with Crippen molar-refractivity contribution < 1.29 is 4.74 Å². The SMILES string of the molecule is CC(C)C1OC(C(C)C)C(C(C)(C)C)C1C(C)C. The van der Waals surface area contributed by atoms with Crippen LogP contribution in [-0.4, -0.2) is 12.2 Å². The van der Waals surface area contributed by atoms with Gasteiger partial charge in [-0.2, -0.15) is 0 Å². The fourth-order valence-electron chi connectivity index (χ4n) is 3.82. The summed E-state index contributed by atoms with van der Waals surface area (Å²) < 4.78 is 6.50. The first-order chi connectivity index (χ1) is 8.07. The second-order valence-corrected chi connectivity index (χ2v) is 8.27. The van der Waals surface area contributed by atoms with Crippen molar-refractivity contribution in [2.45, 2.75) is 74.5 Å². The zero-order valence-electron chi connectivity index (χ0n) is 13.9. The van der Waals surface area contributed by atoms with E-state index < -0.39 is 0 Å². The molecule has 1 heteroatoms. The van der Waals surface area contributed by atoms with E-state index >= 15 is 0 Å². The first kappa shape index (κ1) is 16.0. The van der Waals surface area contributed by atoms with Gasteiger partial charge >= 0.3 is 0 Å². The van der Waals surface area contributed by atoms with E-state index in [2.05, 4.69) is 62.3 Å². The molecule has 0 amide bonds. The quantitative estimate of drug-likeness (QED) is 0.688. The van der Waals surface area contributed by atoms with E-state index in [-0.39, 0.29) is 0 Å². The van der Waals surface area contributed by atoms with Crippen LogP contribution in [-0.2, 0) is 4.74 Å². The highest BCUT2D eigenvalue weighted by Gasteiger charge is 2.51. The summed E-state index contributed by atoms with van der Waals surface area (Å²) in [5.74, 6) is 3.29.